The van der Waals surface area contributed by atoms with E-state index in [2.05, 4.69) is 28.3 Å². The molecule has 1 amide bonds. The average Bonchev–Trinajstić information content (AvgIpc) is 3.31. The van der Waals surface area contributed by atoms with Crippen LogP contribution in [0.25, 0.3) is 0 Å². The minimum Gasteiger partial charge on any atom is -0.359 e. The number of nitrogens with one attached hydrogen (secondary N) is 2. The van der Waals surface area contributed by atoms with Gasteiger partial charge in [-0.25, -0.2) is 4.98 Å². The summed E-state index contributed by atoms with van der Waals surface area (Å²) in [4.78, 5) is 18.8. The first-order chi connectivity index (χ1) is 17.4. The standard InChI is InChI=1S/C26H26Cl2N6OS/c1-2-10-32-26(36)33(17-21-4-3-5-23(27)25(21)28)12-11-31-24(35)13-22-15-30-18-34(22)16-20-8-6-19(14-29)7-9-20/h2-9,15,18H,1,10-13,16-17H2,(H,31,35)(H,32,36). The Labute approximate surface area is 226 Å². The zero-order chi connectivity index (χ0) is 25.9. The lowest BCUT2D eigenvalue weighted by Gasteiger charge is -2.26. The van der Waals surface area contributed by atoms with Crippen LogP contribution in [0, 0.1) is 11.3 Å². The molecule has 3 rings (SSSR count). The average molecular weight is 542 g/mol. The Bertz CT molecular complexity index is 1250. The number of amides is 1. The van der Waals surface area contributed by atoms with Crippen LogP contribution in [-0.4, -0.2) is 45.1 Å². The molecular weight excluding hydrogens is 515 g/mol. The zero-order valence-electron chi connectivity index (χ0n) is 19.6. The molecule has 0 bridgehead atoms. The van der Waals surface area contributed by atoms with Gasteiger partial charge in [0, 0.05) is 44.6 Å². The lowest BCUT2D eigenvalue weighted by Crippen LogP contribution is -2.43. The number of benzene rings is 2. The van der Waals surface area contributed by atoms with E-state index < -0.39 is 0 Å². The predicted molar refractivity (Wildman–Crippen MR) is 147 cm³/mol. The van der Waals surface area contributed by atoms with Crippen molar-refractivity contribution < 1.29 is 4.79 Å². The fraction of sp³-hybridized carbons (Fsp3) is 0.231. The van der Waals surface area contributed by atoms with E-state index in [1.165, 1.54) is 0 Å². The van der Waals surface area contributed by atoms with Crippen molar-refractivity contribution in [2.75, 3.05) is 19.6 Å². The number of hydrogen-bond donors (Lipinski definition) is 2. The van der Waals surface area contributed by atoms with Crippen LogP contribution in [0.2, 0.25) is 10.0 Å². The van der Waals surface area contributed by atoms with E-state index in [9.17, 15) is 4.79 Å². The van der Waals surface area contributed by atoms with Crippen LogP contribution < -0.4 is 10.6 Å². The van der Waals surface area contributed by atoms with E-state index >= 15 is 0 Å². The van der Waals surface area contributed by atoms with E-state index in [0.29, 0.717) is 53.4 Å². The molecule has 0 unspecified atom stereocenters. The van der Waals surface area contributed by atoms with Crippen molar-refractivity contribution in [3.05, 3.63) is 100 Å². The first-order valence-electron chi connectivity index (χ1n) is 11.2. The summed E-state index contributed by atoms with van der Waals surface area (Å²) in [6.07, 6.45) is 5.29. The smallest absolute Gasteiger partial charge is 0.226 e. The molecule has 0 atom stereocenters. The summed E-state index contributed by atoms with van der Waals surface area (Å²) in [5.74, 6) is -0.123. The molecule has 2 N–H and O–H groups in total. The quantitative estimate of drug-likeness (QED) is 0.278. The third-order valence-electron chi connectivity index (χ3n) is 5.36. The number of hydrogen-bond acceptors (Lipinski definition) is 4. The Morgan fingerprint density at radius 3 is 2.72 bits per heavy atom. The molecule has 0 aliphatic heterocycles. The first kappa shape index (κ1) is 27.2. The number of aromatic nitrogens is 2. The van der Waals surface area contributed by atoms with Gasteiger partial charge in [-0.2, -0.15) is 5.26 Å². The van der Waals surface area contributed by atoms with Gasteiger partial charge in [0.05, 0.1) is 34.4 Å². The summed E-state index contributed by atoms with van der Waals surface area (Å²) in [5.41, 5.74) is 3.26. The van der Waals surface area contributed by atoms with Crippen molar-refractivity contribution >= 4 is 46.4 Å². The molecule has 0 aliphatic carbocycles. The number of rotatable bonds is 11. The van der Waals surface area contributed by atoms with Crippen molar-refractivity contribution in [3.63, 3.8) is 0 Å². The molecule has 0 saturated heterocycles. The Kier molecular flexibility index (Phi) is 10.3. The Morgan fingerprint density at radius 2 is 2.00 bits per heavy atom. The zero-order valence-corrected chi connectivity index (χ0v) is 21.9. The third-order valence-corrected chi connectivity index (χ3v) is 6.62. The molecule has 0 spiro atoms. The van der Waals surface area contributed by atoms with Gasteiger partial charge >= 0.3 is 0 Å². The van der Waals surface area contributed by atoms with Crippen LogP contribution in [0.1, 0.15) is 22.4 Å². The maximum absolute atomic E-state index is 12.7. The summed E-state index contributed by atoms with van der Waals surface area (Å²) < 4.78 is 1.92. The molecule has 0 fully saturated rings. The van der Waals surface area contributed by atoms with Gasteiger partial charge in [-0.15, -0.1) is 6.58 Å². The number of carbonyl (C=O) groups is 1. The Morgan fingerprint density at radius 1 is 1.22 bits per heavy atom. The van der Waals surface area contributed by atoms with Crippen LogP contribution in [-0.2, 0) is 24.3 Å². The molecule has 0 saturated carbocycles. The molecule has 0 aliphatic rings. The van der Waals surface area contributed by atoms with Gasteiger partial charge in [0.25, 0.3) is 0 Å². The van der Waals surface area contributed by atoms with Gasteiger partial charge in [0.1, 0.15) is 0 Å². The summed E-state index contributed by atoms with van der Waals surface area (Å²) in [6, 6.07) is 14.9. The summed E-state index contributed by atoms with van der Waals surface area (Å²) in [5, 5.41) is 16.5. The highest BCUT2D eigenvalue weighted by atomic mass is 35.5. The summed E-state index contributed by atoms with van der Waals surface area (Å²) in [6.45, 7) is 6.09. The van der Waals surface area contributed by atoms with Crippen LogP contribution in [0.4, 0.5) is 0 Å². The van der Waals surface area contributed by atoms with E-state index in [-0.39, 0.29) is 12.3 Å². The van der Waals surface area contributed by atoms with Gasteiger partial charge < -0.3 is 20.1 Å². The monoisotopic (exact) mass is 540 g/mol. The van der Waals surface area contributed by atoms with E-state index in [1.54, 1.807) is 36.8 Å². The van der Waals surface area contributed by atoms with Crippen molar-refractivity contribution in [3.8, 4) is 6.07 Å². The fourth-order valence-electron chi connectivity index (χ4n) is 3.48. The van der Waals surface area contributed by atoms with Gasteiger partial charge in [0.2, 0.25) is 5.91 Å². The van der Waals surface area contributed by atoms with E-state index in [0.717, 1.165) is 16.8 Å². The number of nitriles is 1. The highest BCUT2D eigenvalue weighted by Gasteiger charge is 2.15. The SMILES string of the molecule is C=CCNC(=S)N(CCNC(=O)Cc1cncn1Cc1ccc(C#N)cc1)Cc1cccc(Cl)c1Cl. The Balaban J connectivity index is 1.57. The van der Waals surface area contributed by atoms with Crippen LogP contribution >= 0.6 is 35.4 Å². The number of halogens is 2. The second-order valence-corrected chi connectivity index (χ2v) is 9.13. The lowest BCUT2D eigenvalue weighted by molar-refractivity contribution is -0.120. The minimum atomic E-state index is -0.123. The minimum absolute atomic E-state index is 0.123. The van der Waals surface area contributed by atoms with Gasteiger partial charge in [-0.05, 0) is 41.5 Å². The molecule has 2 aromatic carbocycles. The first-order valence-corrected chi connectivity index (χ1v) is 12.4. The molecule has 186 valence electrons. The molecule has 10 heteroatoms. The molecule has 7 nitrogen and oxygen atoms in total. The maximum Gasteiger partial charge on any atom is 0.226 e. The van der Waals surface area contributed by atoms with Crippen LogP contribution in [0.3, 0.4) is 0 Å². The van der Waals surface area contributed by atoms with Gasteiger partial charge in [-0.3, -0.25) is 4.79 Å². The topological polar surface area (TPSA) is 86.0 Å². The molecule has 36 heavy (non-hydrogen) atoms. The number of imidazole rings is 1. The second-order valence-electron chi connectivity index (χ2n) is 7.96. The van der Waals surface area contributed by atoms with Gasteiger partial charge in [0.15, 0.2) is 5.11 Å². The summed E-state index contributed by atoms with van der Waals surface area (Å²) in [7, 11) is 0. The highest BCUT2D eigenvalue weighted by Crippen LogP contribution is 2.26. The highest BCUT2D eigenvalue weighted by molar-refractivity contribution is 7.80. The maximum atomic E-state index is 12.7. The van der Waals surface area contributed by atoms with Crippen molar-refractivity contribution in [2.24, 2.45) is 0 Å². The molecule has 1 aromatic heterocycles. The molecular formula is C26H26Cl2N6OS. The number of thiocarbonyl (C=S) groups is 1. The van der Waals surface area contributed by atoms with Crippen LogP contribution in [0.5, 0.6) is 0 Å². The largest absolute Gasteiger partial charge is 0.359 e. The number of carbonyl (C=O) groups excluding carboxylic acids is 1. The summed E-state index contributed by atoms with van der Waals surface area (Å²) >= 11 is 18.1. The fourth-order valence-corrected chi connectivity index (χ4v) is 4.10. The second kappa shape index (κ2) is 13.6. The normalized spacial score (nSPS) is 10.4. The predicted octanol–water partition coefficient (Wildman–Crippen LogP) is 4.33. The van der Waals surface area contributed by atoms with Crippen molar-refractivity contribution in [1.29, 1.82) is 5.26 Å². The third kappa shape index (κ3) is 7.82. The van der Waals surface area contributed by atoms with Crippen LogP contribution in [0.15, 0.2) is 67.6 Å². The van der Waals surface area contributed by atoms with Crippen molar-refractivity contribution in [1.82, 2.24) is 25.1 Å². The van der Waals surface area contributed by atoms with Gasteiger partial charge in [-0.1, -0.05) is 53.5 Å². The number of nitrogens with zero attached hydrogens (tertiary/aromatic N) is 4. The molecule has 3 aromatic rings. The Hall–Kier alpha value is -3.38. The van der Waals surface area contributed by atoms with Crippen molar-refractivity contribution in [2.45, 2.75) is 19.5 Å². The lowest BCUT2D eigenvalue weighted by atomic mass is 10.1. The van der Waals surface area contributed by atoms with E-state index in [4.69, 9.17) is 40.7 Å². The molecule has 1 heterocycles. The van der Waals surface area contributed by atoms with E-state index in [1.807, 2.05) is 33.7 Å². The molecule has 0 radical (unpaired) electrons.